The van der Waals surface area contributed by atoms with E-state index in [1.165, 1.54) is 0 Å². The minimum absolute atomic E-state index is 0.179. The molecular weight excluding hydrogens is 198 g/mol. The summed E-state index contributed by atoms with van der Waals surface area (Å²) >= 11 is 5.83. The quantitative estimate of drug-likeness (QED) is 0.757. The zero-order valence-corrected chi connectivity index (χ0v) is 8.77. The number of rotatable bonds is 2. The Morgan fingerprint density at radius 1 is 1.50 bits per heavy atom. The topological polar surface area (TPSA) is 29.1 Å². The van der Waals surface area contributed by atoms with Crippen LogP contribution in [-0.4, -0.2) is 18.9 Å². The molecule has 1 fully saturated rings. The van der Waals surface area contributed by atoms with Crippen LogP contribution in [-0.2, 0) is 0 Å². The highest BCUT2D eigenvalue weighted by Gasteiger charge is 2.39. The summed E-state index contributed by atoms with van der Waals surface area (Å²) in [5.41, 5.74) is 0.478. The van der Waals surface area contributed by atoms with Crippen molar-refractivity contribution in [3.63, 3.8) is 0 Å². The molecule has 0 unspecified atom stereocenters. The minimum Gasteiger partial charge on any atom is -0.315 e. The van der Waals surface area contributed by atoms with Crippen LogP contribution in [0.5, 0.6) is 0 Å². The summed E-state index contributed by atoms with van der Waals surface area (Å²) in [4.78, 5) is 12.0. The van der Waals surface area contributed by atoms with Gasteiger partial charge in [0.25, 0.3) is 0 Å². The van der Waals surface area contributed by atoms with Crippen LogP contribution in [0.2, 0.25) is 5.02 Å². The molecule has 1 heterocycles. The maximum Gasteiger partial charge on any atom is 0.171 e. The predicted molar refractivity (Wildman–Crippen MR) is 56.8 cm³/mol. The van der Waals surface area contributed by atoms with E-state index in [-0.39, 0.29) is 11.2 Å². The van der Waals surface area contributed by atoms with Crippen molar-refractivity contribution in [2.24, 2.45) is 5.41 Å². The molecular formula is C11H12ClNO. The molecule has 0 saturated carbocycles. The Morgan fingerprint density at radius 2 is 2.21 bits per heavy atom. The number of nitrogens with one attached hydrogen (secondary N) is 1. The molecule has 2 rings (SSSR count). The Bertz CT molecular complexity index is 371. The molecule has 0 spiro atoms. The smallest absolute Gasteiger partial charge is 0.171 e. The van der Waals surface area contributed by atoms with Crippen molar-refractivity contribution < 1.29 is 4.79 Å². The third kappa shape index (κ3) is 1.56. The van der Waals surface area contributed by atoms with Crippen LogP contribution in [0.15, 0.2) is 24.3 Å². The summed E-state index contributed by atoms with van der Waals surface area (Å²) in [6, 6.07) is 7.13. The lowest BCUT2D eigenvalue weighted by Gasteiger charge is -2.37. The first-order chi connectivity index (χ1) is 6.62. The number of hydrogen-bond acceptors (Lipinski definition) is 2. The van der Waals surface area contributed by atoms with Crippen LogP contribution in [0.25, 0.3) is 0 Å². The van der Waals surface area contributed by atoms with E-state index in [2.05, 4.69) is 5.32 Å². The van der Waals surface area contributed by atoms with Crippen molar-refractivity contribution in [2.75, 3.05) is 13.1 Å². The first-order valence-corrected chi connectivity index (χ1v) is 5.01. The number of hydrogen-bond donors (Lipinski definition) is 1. The molecule has 0 bridgehead atoms. The van der Waals surface area contributed by atoms with Crippen molar-refractivity contribution in [3.05, 3.63) is 34.9 Å². The van der Waals surface area contributed by atoms with Gasteiger partial charge in [-0.3, -0.25) is 4.79 Å². The predicted octanol–water partition coefficient (Wildman–Crippen LogP) is 2.13. The minimum atomic E-state index is -0.231. The lowest BCUT2D eigenvalue weighted by atomic mass is 9.77. The lowest BCUT2D eigenvalue weighted by molar-refractivity contribution is 0.0722. The average molecular weight is 210 g/mol. The van der Waals surface area contributed by atoms with E-state index in [0.717, 1.165) is 13.1 Å². The third-order valence-corrected chi connectivity index (χ3v) is 2.90. The summed E-state index contributed by atoms with van der Waals surface area (Å²) in [7, 11) is 0. The molecule has 2 nitrogen and oxygen atoms in total. The third-order valence-electron chi connectivity index (χ3n) is 2.67. The van der Waals surface area contributed by atoms with Crippen molar-refractivity contribution in [1.82, 2.24) is 5.32 Å². The largest absolute Gasteiger partial charge is 0.315 e. The zero-order chi connectivity index (χ0) is 10.2. The van der Waals surface area contributed by atoms with E-state index in [9.17, 15) is 4.79 Å². The number of benzene rings is 1. The number of carbonyl (C=O) groups is 1. The summed E-state index contributed by atoms with van der Waals surface area (Å²) in [5.74, 6) is 0.179. The summed E-state index contributed by atoms with van der Waals surface area (Å²) < 4.78 is 0. The van der Waals surface area contributed by atoms with Crippen molar-refractivity contribution in [1.29, 1.82) is 0 Å². The fourth-order valence-electron chi connectivity index (χ4n) is 1.64. The fraction of sp³-hybridized carbons (Fsp3) is 0.364. The van der Waals surface area contributed by atoms with Gasteiger partial charge in [0.1, 0.15) is 0 Å². The monoisotopic (exact) mass is 209 g/mol. The molecule has 0 amide bonds. The number of halogens is 1. The molecule has 0 atom stereocenters. The Morgan fingerprint density at radius 3 is 2.71 bits per heavy atom. The molecule has 1 N–H and O–H groups in total. The standard InChI is InChI=1S/C11H12ClNO/c1-11(6-13-7-11)10(14)8-3-2-4-9(12)5-8/h2-5,13H,6-7H2,1H3. The first kappa shape index (κ1) is 9.69. The zero-order valence-electron chi connectivity index (χ0n) is 8.01. The molecule has 14 heavy (non-hydrogen) atoms. The highest BCUT2D eigenvalue weighted by molar-refractivity contribution is 6.31. The summed E-state index contributed by atoms with van der Waals surface area (Å²) in [6.07, 6.45) is 0. The molecule has 1 aliphatic heterocycles. The molecule has 3 heteroatoms. The van der Waals surface area contributed by atoms with Gasteiger partial charge in [0.15, 0.2) is 5.78 Å². The van der Waals surface area contributed by atoms with E-state index in [1.54, 1.807) is 12.1 Å². The Hall–Kier alpha value is -0.860. The highest BCUT2D eigenvalue weighted by Crippen LogP contribution is 2.27. The molecule has 1 aromatic rings. The maximum atomic E-state index is 12.0. The van der Waals surface area contributed by atoms with Crippen molar-refractivity contribution in [2.45, 2.75) is 6.92 Å². The van der Waals surface area contributed by atoms with E-state index in [0.29, 0.717) is 10.6 Å². The van der Waals surface area contributed by atoms with Gasteiger partial charge >= 0.3 is 0 Å². The van der Waals surface area contributed by atoms with Crippen LogP contribution in [0, 0.1) is 5.41 Å². The molecule has 0 radical (unpaired) electrons. The van der Waals surface area contributed by atoms with Gasteiger partial charge in [-0.05, 0) is 19.1 Å². The second kappa shape index (κ2) is 3.37. The van der Waals surface area contributed by atoms with Crippen LogP contribution in [0.4, 0.5) is 0 Å². The number of ketones is 1. The number of carbonyl (C=O) groups excluding carboxylic acids is 1. The van der Waals surface area contributed by atoms with Crippen LogP contribution >= 0.6 is 11.6 Å². The molecule has 1 aromatic carbocycles. The fourth-order valence-corrected chi connectivity index (χ4v) is 1.83. The lowest BCUT2D eigenvalue weighted by Crippen LogP contribution is -2.56. The van der Waals surface area contributed by atoms with Crippen LogP contribution < -0.4 is 5.32 Å². The van der Waals surface area contributed by atoms with Gasteiger partial charge in [-0.2, -0.15) is 0 Å². The van der Waals surface area contributed by atoms with Gasteiger partial charge < -0.3 is 5.32 Å². The van der Waals surface area contributed by atoms with E-state index in [4.69, 9.17) is 11.6 Å². The normalized spacial score (nSPS) is 18.7. The van der Waals surface area contributed by atoms with Crippen LogP contribution in [0.3, 0.4) is 0 Å². The van der Waals surface area contributed by atoms with Gasteiger partial charge in [0.2, 0.25) is 0 Å². The summed E-state index contributed by atoms with van der Waals surface area (Å²) in [5, 5.41) is 3.73. The average Bonchev–Trinajstić information content (AvgIpc) is 2.13. The molecule has 1 aliphatic rings. The Kier molecular flexibility index (Phi) is 2.33. The second-order valence-corrected chi connectivity index (χ2v) is 4.44. The van der Waals surface area contributed by atoms with Gasteiger partial charge in [-0.15, -0.1) is 0 Å². The van der Waals surface area contributed by atoms with Gasteiger partial charge in [-0.1, -0.05) is 23.7 Å². The Balaban J connectivity index is 2.27. The second-order valence-electron chi connectivity index (χ2n) is 4.00. The highest BCUT2D eigenvalue weighted by atomic mass is 35.5. The first-order valence-electron chi connectivity index (χ1n) is 4.63. The van der Waals surface area contributed by atoms with Gasteiger partial charge in [0, 0.05) is 23.7 Å². The van der Waals surface area contributed by atoms with Crippen molar-refractivity contribution in [3.8, 4) is 0 Å². The molecule has 74 valence electrons. The Labute approximate surface area is 88.3 Å². The van der Waals surface area contributed by atoms with E-state index >= 15 is 0 Å². The van der Waals surface area contributed by atoms with Crippen LogP contribution in [0.1, 0.15) is 17.3 Å². The van der Waals surface area contributed by atoms with E-state index < -0.39 is 0 Å². The summed E-state index contributed by atoms with van der Waals surface area (Å²) in [6.45, 7) is 3.50. The molecule has 0 aliphatic carbocycles. The number of Topliss-reactive ketones (excluding diaryl/α,β-unsaturated/α-hetero) is 1. The SMILES string of the molecule is CC1(C(=O)c2cccc(Cl)c2)CNC1. The van der Waals surface area contributed by atoms with Crippen molar-refractivity contribution >= 4 is 17.4 Å². The van der Waals surface area contributed by atoms with Gasteiger partial charge in [0.05, 0.1) is 5.41 Å². The molecule has 1 saturated heterocycles. The van der Waals surface area contributed by atoms with Gasteiger partial charge in [-0.25, -0.2) is 0 Å². The maximum absolute atomic E-state index is 12.0. The van der Waals surface area contributed by atoms with E-state index in [1.807, 2.05) is 19.1 Å². The molecule has 0 aromatic heterocycles.